The van der Waals surface area contributed by atoms with E-state index in [-0.39, 0.29) is 18.4 Å². The van der Waals surface area contributed by atoms with Crippen molar-refractivity contribution >= 4 is 18.0 Å². The van der Waals surface area contributed by atoms with Gasteiger partial charge in [0.05, 0.1) is 5.92 Å². The van der Waals surface area contributed by atoms with Gasteiger partial charge in [-0.15, -0.1) is 0 Å². The quantitative estimate of drug-likeness (QED) is 0.721. The lowest BCUT2D eigenvalue weighted by molar-refractivity contribution is -0.146. The van der Waals surface area contributed by atoms with Crippen LogP contribution in [0.1, 0.15) is 43.2 Å². The van der Waals surface area contributed by atoms with Crippen LogP contribution in [0.2, 0.25) is 0 Å². The minimum absolute atomic E-state index is 0.0426. The average molecular weight is 437 g/mol. The third-order valence-electron chi connectivity index (χ3n) is 6.50. The van der Waals surface area contributed by atoms with E-state index < -0.39 is 24.0 Å². The molecule has 1 aliphatic carbocycles. The van der Waals surface area contributed by atoms with Crippen LogP contribution in [-0.2, 0) is 14.3 Å². The Hall–Kier alpha value is -3.35. The second kappa shape index (κ2) is 9.42. The average Bonchev–Trinajstić information content (AvgIpc) is 3.14. The van der Waals surface area contributed by atoms with E-state index in [1.165, 1.54) is 0 Å². The van der Waals surface area contributed by atoms with Crippen LogP contribution >= 0.6 is 0 Å². The van der Waals surface area contributed by atoms with Crippen LogP contribution < -0.4 is 5.32 Å². The molecule has 0 radical (unpaired) electrons. The van der Waals surface area contributed by atoms with E-state index in [2.05, 4.69) is 29.6 Å². The fraction of sp³-hybridized carbons (Fsp3) is 0.400. The zero-order chi connectivity index (χ0) is 22.7. The molecule has 2 aromatic rings. The van der Waals surface area contributed by atoms with Crippen molar-refractivity contribution in [1.29, 1.82) is 0 Å². The van der Waals surface area contributed by atoms with Gasteiger partial charge in [0.25, 0.3) is 0 Å². The van der Waals surface area contributed by atoms with Gasteiger partial charge < -0.3 is 20.1 Å². The zero-order valence-corrected chi connectivity index (χ0v) is 18.1. The molecular weight excluding hydrogens is 408 g/mol. The molecular formula is C25H28N2O5. The van der Waals surface area contributed by atoms with Crippen LogP contribution in [0.15, 0.2) is 48.5 Å². The molecule has 2 amide bonds. The zero-order valence-electron chi connectivity index (χ0n) is 18.1. The Morgan fingerprint density at radius 1 is 1.03 bits per heavy atom. The number of nitrogens with zero attached hydrogens (tertiary/aromatic N) is 1. The van der Waals surface area contributed by atoms with E-state index in [0.717, 1.165) is 22.3 Å². The molecule has 2 aliphatic rings. The van der Waals surface area contributed by atoms with Gasteiger partial charge in [-0.1, -0.05) is 55.5 Å². The van der Waals surface area contributed by atoms with Crippen LogP contribution in [0.3, 0.4) is 0 Å². The molecule has 168 valence electrons. The molecule has 2 N–H and O–H groups in total. The van der Waals surface area contributed by atoms with Crippen molar-refractivity contribution in [2.24, 2.45) is 5.92 Å². The number of amides is 2. The number of fused-ring (bicyclic) bond motifs is 3. The number of carbonyl (C=O) groups is 3. The number of likely N-dealkylation sites (tertiary alicyclic amines) is 1. The summed E-state index contributed by atoms with van der Waals surface area (Å²) < 4.78 is 5.56. The smallest absolute Gasteiger partial charge is 0.407 e. The molecule has 0 spiro atoms. The number of carbonyl (C=O) groups excluding carboxylic acids is 2. The molecule has 7 heteroatoms. The molecule has 1 fully saturated rings. The second-order valence-electron chi connectivity index (χ2n) is 8.37. The standard InChI is InChI=1S/C25H28N2O5/c1-2-22(23(28)27-13-11-16(12-14-27)24(29)30)26-25(31)32-15-21-19-9-5-3-7-17(19)18-8-4-6-10-20(18)21/h3-10,16,21-22H,2,11-15H2,1H3,(H,26,31)(H,29,30). The number of ether oxygens (including phenoxy) is 1. The van der Waals surface area contributed by atoms with Crippen molar-refractivity contribution in [2.45, 2.75) is 38.1 Å². The van der Waals surface area contributed by atoms with Crippen molar-refractivity contribution in [3.63, 3.8) is 0 Å². The Balaban J connectivity index is 1.35. The van der Waals surface area contributed by atoms with E-state index in [4.69, 9.17) is 9.84 Å². The maximum Gasteiger partial charge on any atom is 0.407 e. The predicted octanol–water partition coefficient (Wildman–Crippen LogP) is 3.63. The summed E-state index contributed by atoms with van der Waals surface area (Å²) in [5.41, 5.74) is 4.57. The monoisotopic (exact) mass is 436 g/mol. The molecule has 4 rings (SSSR count). The minimum atomic E-state index is -0.819. The third kappa shape index (κ3) is 4.33. The fourth-order valence-electron chi connectivity index (χ4n) is 4.69. The van der Waals surface area contributed by atoms with Crippen molar-refractivity contribution in [2.75, 3.05) is 19.7 Å². The molecule has 1 heterocycles. The van der Waals surface area contributed by atoms with Gasteiger partial charge in [0.1, 0.15) is 12.6 Å². The van der Waals surface area contributed by atoms with E-state index in [9.17, 15) is 14.4 Å². The predicted molar refractivity (Wildman–Crippen MR) is 119 cm³/mol. The maximum atomic E-state index is 12.8. The van der Waals surface area contributed by atoms with Crippen molar-refractivity contribution < 1.29 is 24.2 Å². The summed E-state index contributed by atoms with van der Waals surface area (Å²) in [6.45, 7) is 2.79. The number of piperidine rings is 1. The SMILES string of the molecule is CCC(NC(=O)OCC1c2ccccc2-c2ccccc21)C(=O)N1CCC(C(=O)O)CC1. The summed E-state index contributed by atoms with van der Waals surface area (Å²) >= 11 is 0. The third-order valence-corrected chi connectivity index (χ3v) is 6.50. The topological polar surface area (TPSA) is 95.9 Å². The number of rotatable bonds is 6. The number of aliphatic carboxylic acids is 1. The Bertz CT molecular complexity index is 967. The van der Waals surface area contributed by atoms with Crippen molar-refractivity contribution in [1.82, 2.24) is 10.2 Å². The summed E-state index contributed by atoms with van der Waals surface area (Å²) in [7, 11) is 0. The first-order valence-corrected chi connectivity index (χ1v) is 11.1. The highest BCUT2D eigenvalue weighted by atomic mass is 16.5. The van der Waals surface area contributed by atoms with Gasteiger partial charge in [-0.2, -0.15) is 0 Å². The number of carboxylic acids is 1. The fourth-order valence-corrected chi connectivity index (χ4v) is 4.69. The van der Waals surface area contributed by atoms with Gasteiger partial charge in [0.15, 0.2) is 0 Å². The summed E-state index contributed by atoms with van der Waals surface area (Å²) in [4.78, 5) is 38.1. The maximum absolute atomic E-state index is 12.8. The minimum Gasteiger partial charge on any atom is -0.481 e. The van der Waals surface area contributed by atoms with Crippen molar-refractivity contribution in [3.05, 3.63) is 59.7 Å². The first kappa shape index (κ1) is 21.9. The number of carboxylic acid groups (broad SMARTS) is 1. The molecule has 0 bridgehead atoms. The highest BCUT2D eigenvalue weighted by molar-refractivity contribution is 5.86. The first-order valence-electron chi connectivity index (χ1n) is 11.1. The molecule has 7 nitrogen and oxygen atoms in total. The molecule has 32 heavy (non-hydrogen) atoms. The van der Waals surface area contributed by atoms with Gasteiger partial charge in [-0.05, 0) is 41.5 Å². The first-order chi connectivity index (χ1) is 15.5. The van der Waals surface area contributed by atoms with Crippen LogP contribution in [-0.4, -0.2) is 53.7 Å². The lowest BCUT2D eigenvalue weighted by Crippen LogP contribution is -2.51. The lowest BCUT2D eigenvalue weighted by Gasteiger charge is -2.32. The van der Waals surface area contributed by atoms with Crippen LogP contribution in [0, 0.1) is 5.92 Å². The molecule has 0 aromatic heterocycles. The van der Waals surface area contributed by atoms with E-state index in [1.807, 2.05) is 31.2 Å². The van der Waals surface area contributed by atoms with Gasteiger partial charge in [-0.25, -0.2) is 4.79 Å². The van der Waals surface area contributed by atoms with Crippen LogP contribution in [0.25, 0.3) is 11.1 Å². The number of nitrogens with one attached hydrogen (secondary N) is 1. The molecule has 1 unspecified atom stereocenters. The number of hydrogen-bond acceptors (Lipinski definition) is 4. The highest BCUT2D eigenvalue weighted by Gasteiger charge is 2.32. The van der Waals surface area contributed by atoms with E-state index in [0.29, 0.717) is 32.4 Å². The van der Waals surface area contributed by atoms with Gasteiger partial charge in [0.2, 0.25) is 5.91 Å². The largest absolute Gasteiger partial charge is 0.481 e. The number of benzene rings is 2. The number of hydrogen-bond donors (Lipinski definition) is 2. The van der Waals surface area contributed by atoms with Gasteiger partial charge in [-0.3, -0.25) is 9.59 Å². The summed E-state index contributed by atoms with van der Waals surface area (Å²) in [6, 6.07) is 15.5. The van der Waals surface area contributed by atoms with E-state index >= 15 is 0 Å². The molecule has 2 aromatic carbocycles. The number of alkyl carbamates (subject to hydrolysis) is 1. The van der Waals surface area contributed by atoms with Crippen molar-refractivity contribution in [3.8, 4) is 11.1 Å². The Morgan fingerprint density at radius 3 is 2.12 bits per heavy atom. The highest BCUT2D eigenvalue weighted by Crippen LogP contribution is 2.44. The van der Waals surface area contributed by atoms with Gasteiger partial charge in [0, 0.05) is 19.0 Å². The molecule has 0 saturated carbocycles. The summed E-state index contributed by atoms with van der Waals surface area (Å²) in [6.07, 6.45) is 0.680. The summed E-state index contributed by atoms with van der Waals surface area (Å²) in [5, 5.41) is 11.8. The van der Waals surface area contributed by atoms with Crippen LogP contribution in [0.4, 0.5) is 4.79 Å². The summed E-state index contributed by atoms with van der Waals surface area (Å²) in [5.74, 6) is -1.46. The van der Waals surface area contributed by atoms with Gasteiger partial charge >= 0.3 is 12.1 Å². The van der Waals surface area contributed by atoms with Crippen LogP contribution in [0.5, 0.6) is 0 Å². The second-order valence-corrected chi connectivity index (χ2v) is 8.37. The Labute approximate surface area is 187 Å². The van der Waals surface area contributed by atoms with E-state index in [1.54, 1.807) is 4.90 Å². The lowest BCUT2D eigenvalue weighted by atomic mass is 9.96. The molecule has 1 atom stereocenters. The Kier molecular flexibility index (Phi) is 6.44. The normalized spacial score (nSPS) is 16.7. The molecule has 1 aliphatic heterocycles. The molecule has 1 saturated heterocycles. The Morgan fingerprint density at radius 2 is 1.59 bits per heavy atom.